The normalized spacial score (nSPS) is 13.9. The van der Waals surface area contributed by atoms with Crippen LogP contribution in [0.1, 0.15) is 29.0 Å². The molecular formula is C24H22ClN3O2. The van der Waals surface area contributed by atoms with Gasteiger partial charge in [0, 0.05) is 54.1 Å². The van der Waals surface area contributed by atoms with E-state index >= 15 is 0 Å². The SMILES string of the molecule is O=c1cc(CCc2ccc(Cl)cn2)ccn1-c1ccc2c3c(oc2c1)CCCNC3. The summed E-state index contributed by atoms with van der Waals surface area (Å²) in [5.41, 5.74) is 4.80. The fourth-order valence-corrected chi connectivity index (χ4v) is 4.15. The van der Waals surface area contributed by atoms with E-state index in [-0.39, 0.29) is 5.56 Å². The quantitative estimate of drug-likeness (QED) is 0.530. The summed E-state index contributed by atoms with van der Waals surface area (Å²) >= 11 is 5.88. The number of hydrogen-bond donors (Lipinski definition) is 1. The highest BCUT2D eigenvalue weighted by Gasteiger charge is 2.17. The number of hydrogen-bond acceptors (Lipinski definition) is 4. The zero-order chi connectivity index (χ0) is 20.5. The van der Waals surface area contributed by atoms with Gasteiger partial charge >= 0.3 is 0 Å². The lowest BCUT2D eigenvalue weighted by Gasteiger charge is -2.08. The molecule has 4 heterocycles. The monoisotopic (exact) mass is 419 g/mol. The van der Waals surface area contributed by atoms with Crippen LogP contribution in [0.15, 0.2) is 64.1 Å². The largest absolute Gasteiger partial charge is 0.461 e. The summed E-state index contributed by atoms with van der Waals surface area (Å²) in [5.74, 6) is 1.06. The molecule has 30 heavy (non-hydrogen) atoms. The Balaban J connectivity index is 1.39. The third-order valence-corrected chi connectivity index (χ3v) is 5.86. The summed E-state index contributed by atoms with van der Waals surface area (Å²) in [6.07, 6.45) is 7.02. The van der Waals surface area contributed by atoms with Crippen molar-refractivity contribution in [3.05, 3.63) is 92.8 Å². The molecule has 3 aromatic heterocycles. The van der Waals surface area contributed by atoms with E-state index in [9.17, 15) is 4.79 Å². The molecule has 6 heteroatoms. The van der Waals surface area contributed by atoms with Gasteiger partial charge in [-0.3, -0.25) is 14.3 Å². The summed E-state index contributed by atoms with van der Waals surface area (Å²) in [5, 5.41) is 5.20. The van der Waals surface area contributed by atoms with Gasteiger partial charge in [-0.05, 0) is 61.7 Å². The Morgan fingerprint density at radius 2 is 2.07 bits per heavy atom. The number of rotatable bonds is 4. The van der Waals surface area contributed by atoms with Gasteiger partial charge in [0.25, 0.3) is 5.56 Å². The van der Waals surface area contributed by atoms with Gasteiger partial charge in [-0.15, -0.1) is 0 Å². The first kappa shape index (κ1) is 19.1. The number of pyridine rings is 2. The predicted octanol–water partition coefficient (Wildman–Crippen LogP) is 4.45. The van der Waals surface area contributed by atoms with E-state index in [1.807, 2.05) is 36.5 Å². The highest BCUT2D eigenvalue weighted by atomic mass is 35.5. The minimum Gasteiger partial charge on any atom is -0.461 e. The van der Waals surface area contributed by atoms with Gasteiger partial charge in [0.15, 0.2) is 0 Å². The average molecular weight is 420 g/mol. The molecule has 5 nitrogen and oxygen atoms in total. The first-order chi connectivity index (χ1) is 14.7. The zero-order valence-electron chi connectivity index (χ0n) is 16.5. The molecule has 0 aliphatic carbocycles. The van der Waals surface area contributed by atoms with Crippen molar-refractivity contribution >= 4 is 22.6 Å². The van der Waals surface area contributed by atoms with Crippen molar-refractivity contribution in [1.82, 2.24) is 14.9 Å². The van der Waals surface area contributed by atoms with Crippen molar-refractivity contribution in [2.75, 3.05) is 6.54 Å². The molecular weight excluding hydrogens is 398 g/mol. The molecule has 4 aromatic rings. The molecule has 0 atom stereocenters. The van der Waals surface area contributed by atoms with E-state index in [0.29, 0.717) is 5.02 Å². The number of fused-ring (bicyclic) bond motifs is 3. The predicted molar refractivity (Wildman–Crippen MR) is 118 cm³/mol. The van der Waals surface area contributed by atoms with Crippen molar-refractivity contribution in [3.63, 3.8) is 0 Å². The number of halogens is 1. The standard InChI is InChI=1S/C24H22ClN3O2/c25-17-4-6-18(27-14-17)5-3-16-9-11-28(24(29)12-16)19-7-8-20-21-15-26-10-1-2-22(21)30-23(20)13-19/h4,6-9,11-14,26H,1-3,5,10,15H2. The molecule has 1 aromatic carbocycles. The number of aryl methyl sites for hydroxylation is 3. The van der Waals surface area contributed by atoms with E-state index in [1.165, 1.54) is 5.56 Å². The highest BCUT2D eigenvalue weighted by Crippen LogP contribution is 2.29. The Morgan fingerprint density at radius 1 is 1.13 bits per heavy atom. The first-order valence-electron chi connectivity index (χ1n) is 10.2. The van der Waals surface area contributed by atoms with Gasteiger partial charge in [-0.2, -0.15) is 0 Å². The summed E-state index contributed by atoms with van der Waals surface area (Å²) in [7, 11) is 0. The second-order valence-corrected chi connectivity index (χ2v) is 8.11. The fourth-order valence-electron chi connectivity index (χ4n) is 4.04. The lowest BCUT2D eigenvalue weighted by atomic mass is 10.1. The Morgan fingerprint density at radius 3 is 2.90 bits per heavy atom. The molecule has 152 valence electrons. The van der Waals surface area contributed by atoms with Gasteiger partial charge in [0.1, 0.15) is 11.3 Å². The Labute approximate surface area is 179 Å². The third-order valence-electron chi connectivity index (χ3n) is 5.64. The van der Waals surface area contributed by atoms with E-state index < -0.39 is 0 Å². The number of nitrogens with one attached hydrogen (secondary N) is 1. The van der Waals surface area contributed by atoms with Crippen LogP contribution in [0, 0.1) is 0 Å². The van der Waals surface area contributed by atoms with E-state index in [0.717, 1.165) is 72.4 Å². The molecule has 0 radical (unpaired) electrons. The van der Waals surface area contributed by atoms with Crippen molar-refractivity contribution in [2.45, 2.75) is 32.2 Å². The Hall–Kier alpha value is -2.89. The third kappa shape index (κ3) is 3.78. The van der Waals surface area contributed by atoms with Crippen molar-refractivity contribution < 1.29 is 4.42 Å². The van der Waals surface area contributed by atoms with E-state index in [4.69, 9.17) is 16.0 Å². The molecule has 0 saturated carbocycles. The summed E-state index contributed by atoms with van der Waals surface area (Å²) in [4.78, 5) is 17.1. The molecule has 1 aliphatic heterocycles. The fraction of sp³-hybridized carbons (Fsp3) is 0.250. The van der Waals surface area contributed by atoms with Crippen LogP contribution in [0.4, 0.5) is 0 Å². The molecule has 1 N–H and O–H groups in total. The lowest BCUT2D eigenvalue weighted by Crippen LogP contribution is -2.17. The topological polar surface area (TPSA) is 60.1 Å². The zero-order valence-corrected chi connectivity index (χ0v) is 17.3. The van der Waals surface area contributed by atoms with Crippen LogP contribution in [0.5, 0.6) is 0 Å². The molecule has 0 amide bonds. The van der Waals surface area contributed by atoms with Gasteiger partial charge in [0.05, 0.1) is 10.7 Å². The molecule has 0 fully saturated rings. The van der Waals surface area contributed by atoms with Gasteiger partial charge < -0.3 is 9.73 Å². The molecule has 0 bridgehead atoms. The first-order valence-corrected chi connectivity index (χ1v) is 10.6. The van der Waals surface area contributed by atoms with Crippen LogP contribution < -0.4 is 10.9 Å². The van der Waals surface area contributed by atoms with Crippen LogP contribution in [0.2, 0.25) is 5.02 Å². The van der Waals surface area contributed by atoms with Crippen LogP contribution in [-0.4, -0.2) is 16.1 Å². The van der Waals surface area contributed by atoms with Crippen molar-refractivity contribution in [1.29, 1.82) is 0 Å². The summed E-state index contributed by atoms with van der Waals surface area (Å²) < 4.78 is 7.78. The molecule has 5 rings (SSSR count). The minimum atomic E-state index is -0.0503. The summed E-state index contributed by atoms with van der Waals surface area (Å²) in [6, 6.07) is 13.4. The van der Waals surface area contributed by atoms with Crippen LogP contribution >= 0.6 is 11.6 Å². The number of aromatic nitrogens is 2. The van der Waals surface area contributed by atoms with E-state index in [2.05, 4.69) is 16.4 Å². The van der Waals surface area contributed by atoms with Crippen molar-refractivity contribution in [2.24, 2.45) is 0 Å². The number of furan rings is 1. The maximum atomic E-state index is 12.8. The summed E-state index contributed by atoms with van der Waals surface area (Å²) in [6.45, 7) is 1.85. The lowest BCUT2D eigenvalue weighted by molar-refractivity contribution is 0.541. The molecule has 1 aliphatic rings. The van der Waals surface area contributed by atoms with Crippen LogP contribution in [0.25, 0.3) is 16.7 Å². The minimum absolute atomic E-state index is 0.0503. The smallest absolute Gasteiger partial charge is 0.255 e. The highest BCUT2D eigenvalue weighted by molar-refractivity contribution is 6.30. The Bertz CT molecular complexity index is 1260. The number of nitrogens with zero attached hydrogens (tertiary/aromatic N) is 2. The molecule has 0 saturated heterocycles. The van der Waals surface area contributed by atoms with Gasteiger partial charge in [-0.1, -0.05) is 11.6 Å². The second-order valence-electron chi connectivity index (χ2n) is 7.68. The second kappa shape index (κ2) is 8.09. The average Bonchev–Trinajstić information content (AvgIpc) is 2.93. The molecule has 0 unspecified atom stereocenters. The van der Waals surface area contributed by atoms with Crippen LogP contribution in [-0.2, 0) is 25.8 Å². The maximum absolute atomic E-state index is 12.8. The van der Waals surface area contributed by atoms with E-state index in [1.54, 1.807) is 16.8 Å². The van der Waals surface area contributed by atoms with Gasteiger partial charge in [-0.25, -0.2) is 0 Å². The van der Waals surface area contributed by atoms with Gasteiger partial charge in [0.2, 0.25) is 0 Å². The van der Waals surface area contributed by atoms with Crippen LogP contribution in [0.3, 0.4) is 0 Å². The number of benzene rings is 1. The maximum Gasteiger partial charge on any atom is 0.255 e. The molecule has 0 spiro atoms. The Kier molecular flexibility index (Phi) is 5.15. The van der Waals surface area contributed by atoms with Crippen molar-refractivity contribution in [3.8, 4) is 5.69 Å².